The van der Waals surface area contributed by atoms with E-state index in [0.717, 1.165) is 9.37 Å². The lowest BCUT2D eigenvalue weighted by Crippen LogP contribution is -1.82. The van der Waals surface area contributed by atoms with Crippen LogP contribution in [0.4, 0.5) is 0 Å². The molecule has 64 valence electrons. The van der Waals surface area contributed by atoms with Crippen LogP contribution in [0, 0.1) is 0 Å². The summed E-state index contributed by atoms with van der Waals surface area (Å²) in [5, 5.41) is 8.87. The van der Waals surface area contributed by atoms with Gasteiger partial charge in [0.1, 0.15) is 0 Å². The van der Waals surface area contributed by atoms with Gasteiger partial charge in [0.25, 0.3) is 0 Å². The Labute approximate surface area is 84.6 Å². The molecule has 0 bridgehead atoms. The lowest BCUT2D eigenvalue weighted by molar-refractivity contribution is 0.420. The van der Waals surface area contributed by atoms with E-state index < -0.39 is 0 Å². The van der Waals surface area contributed by atoms with Crippen LogP contribution in [0.25, 0.3) is 0 Å². The van der Waals surface area contributed by atoms with Crippen LogP contribution < -0.4 is 0 Å². The quantitative estimate of drug-likeness (QED) is 0.648. The van der Waals surface area contributed by atoms with E-state index in [2.05, 4.69) is 22.5 Å². The summed E-state index contributed by atoms with van der Waals surface area (Å²) in [7, 11) is 0. The molecule has 0 saturated carbocycles. The number of aliphatic hydroxyl groups is 1. The van der Waals surface area contributed by atoms with Gasteiger partial charge in [-0.25, -0.2) is 0 Å². The zero-order chi connectivity index (χ0) is 8.97. The van der Waals surface area contributed by atoms with Gasteiger partial charge in [-0.1, -0.05) is 18.7 Å². The average Bonchev–Trinajstić information content (AvgIpc) is 2.03. The van der Waals surface area contributed by atoms with E-state index in [4.69, 9.17) is 5.11 Å². The molecular weight excluding hydrogens is 236 g/mol. The second-order valence-electron chi connectivity index (χ2n) is 2.29. The molecule has 0 saturated heterocycles. The van der Waals surface area contributed by atoms with E-state index in [-0.39, 0.29) is 5.76 Å². The molecular formula is C9H9BrOS. The van der Waals surface area contributed by atoms with E-state index in [1.807, 2.05) is 24.3 Å². The van der Waals surface area contributed by atoms with E-state index in [1.54, 1.807) is 11.8 Å². The summed E-state index contributed by atoms with van der Waals surface area (Å²) in [5.41, 5.74) is 0. The number of hydrogen-bond acceptors (Lipinski definition) is 2. The van der Waals surface area contributed by atoms with Crippen LogP contribution in [-0.4, -0.2) is 10.9 Å². The maximum Gasteiger partial charge on any atom is 0.0953 e. The highest BCUT2D eigenvalue weighted by Crippen LogP contribution is 2.27. The van der Waals surface area contributed by atoms with Crippen molar-refractivity contribution in [1.29, 1.82) is 0 Å². The minimum Gasteiger partial charge on any atom is -0.512 e. The first-order valence-corrected chi connectivity index (χ1v) is 5.22. The van der Waals surface area contributed by atoms with Crippen molar-refractivity contribution >= 4 is 27.7 Å². The minimum absolute atomic E-state index is 0.204. The molecule has 1 aromatic carbocycles. The summed E-state index contributed by atoms with van der Waals surface area (Å²) >= 11 is 4.97. The van der Waals surface area contributed by atoms with Crippen molar-refractivity contribution in [3.05, 3.63) is 41.1 Å². The van der Waals surface area contributed by atoms with Crippen molar-refractivity contribution < 1.29 is 5.11 Å². The van der Waals surface area contributed by atoms with E-state index in [0.29, 0.717) is 5.75 Å². The van der Waals surface area contributed by atoms with Gasteiger partial charge < -0.3 is 5.11 Å². The third-order valence-corrected chi connectivity index (χ3v) is 3.33. The van der Waals surface area contributed by atoms with Gasteiger partial charge in [0.15, 0.2) is 0 Å². The number of halogens is 1. The Morgan fingerprint density at radius 2 is 2.17 bits per heavy atom. The second kappa shape index (κ2) is 4.58. The smallest absolute Gasteiger partial charge is 0.0953 e. The van der Waals surface area contributed by atoms with E-state index in [9.17, 15) is 0 Å². The fourth-order valence-corrected chi connectivity index (χ4v) is 2.05. The number of rotatable bonds is 3. The third kappa shape index (κ3) is 2.91. The predicted molar refractivity (Wildman–Crippen MR) is 56.6 cm³/mol. The Hall–Kier alpha value is -0.410. The molecule has 0 unspecified atom stereocenters. The zero-order valence-corrected chi connectivity index (χ0v) is 8.86. The molecule has 0 aromatic heterocycles. The molecule has 0 radical (unpaired) electrons. The molecule has 0 amide bonds. The van der Waals surface area contributed by atoms with Gasteiger partial charge in [0.2, 0.25) is 0 Å². The fraction of sp³-hybridized carbons (Fsp3) is 0.111. The van der Waals surface area contributed by atoms with Crippen LogP contribution in [0.3, 0.4) is 0 Å². The van der Waals surface area contributed by atoms with Gasteiger partial charge in [0.05, 0.1) is 11.5 Å². The Bertz CT molecular complexity index is 286. The Morgan fingerprint density at radius 3 is 2.75 bits per heavy atom. The highest BCUT2D eigenvalue weighted by atomic mass is 79.9. The van der Waals surface area contributed by atoms with Gasteiger partial charge in [-0.05, 0) is 28.1 Å². The van der Waals surface area contributed by atoms with Crippen LogP contribution in [0.1, 0.15) is 0 Å². The predicted octanol–water partition coefficient (Wildman–Crippen LogP) is 3.61. The monoisotopic (exact) mass is 244 g/mol. The van der Waals surface area contributed by atoms with Gasteiger partial charge in [-0.15, -0.1) is 11.8 Å². The topological polar surface area (TPSA) is 20.2 Å². The van der Waals surface area contributed by atoms with Crippen molar-refractivity contribution in [2.45, 2.75) is 4.90 Å². The van der Waals surface area contributed by atoms with Gasteiger partial charge in [-0.2, -0.15) is 0 Å². The third-order valence-electron chi connectivity index (χ3n) is 1.23. The molecule has 0 spiro atoms. The molecule has 1 nitrogen and oxygen atoms in total. The lowest BCUT2D eigenvalue weighted by Gasteiger charge is -2.01. The van der Waals surface area contributed by atoms with Crippen molar-refractivity contribution in [3.8, 4) is 0 Å². The van der Waals surface area contributed by atoms with Crippen molar-refractivity contribution in [1.82, 2.24) is 0 Å². The molecule has 1 rings (SSSR count). The normalized spacial score (nSPS) is 9.75. The van der Waals surface area contributed by atoms with Crippen LogP contribution in [0.5, 0.6) is 0 Å². The fourth-order valence-electron chi connectivity index (χ4n) is 0.723. The summed E-state index contributed by atoms with van der Waals surface area (Å²) in [6.07, 6.45) is 0. The standard InChI is InChI=1S/C9H9BrOS/c1-7(11)6-12-9-5-3-2-4-8(9)10/h2-5,11H,1,6H2. The molecule has 0 aliphatic carbocycles. The molecule has 12 heavy (non-hydrogen) atoms. The number of hydrogen-bond donors (Lipinski definition) is 1. The maximum atomic E-state index is 8.87. The highest BCUT2D eigenvalue weighted by Gasteiger charge is 1.98. The zero-order valence-electron chi connectivity index (χ0n) is 6.46. The lowest BCUT2D eigenvalue weighted by atomic mass is 10.4. The highest BCUT2D eigenvalue weighted by molar-refractivity contribution is 9.10. The van der Waals surface area contributed by atoms with E-state index >= 15 is 0 Å². The average molecular weight is 245 g/mol. The molecule has 1 aromatic rings. The van der Waals surface area contributed by atoms with Gasteiger partial charge in [-0.3, -0.25) is 0 Å². The maximum absolute atomic E-state index is 8.87. The van der Waals surface area contributed by atoms with Crippen LogP contribution in [0.15, 0.2) is 46.0 Å². The van der Waals surface area contributed by atoms with Crippen LogP contribution in [-0.2, 0) is 0 Å². The molecule has 3 heteroatoms. The summed E-state index contributed by atoms with van der Waals surface area (Å²) in [4.78, 5) is 1.12. The molecule has 1 N–H and O–H groups in total. The molecule has 0 aliphatic heterocycles. The molecule has 0 atom stereocenters. The van der Waals surface area contributed by atoms with Crippen LogP contribution in [0.2, 0.25) is 0 Å². The first-order chi connectivity index (χ1) is 5.70. The summed E-state index contributed by atoms with van der Waals surface area (Å²) in [5.74, 6) is 0.749. The first-order valence-electron chi connectivity index (χ1n) is 3.44. The van der Waals surface area contributed by atoms with Crippen molar-refractivity contribution in [2.75, 3.05) is 5.75 Å². The molecule has 0 heterocycles. The van der Waals surface area contributed by atoms with E-state index in [1.165, 1.54) is 0 Å². The Balaban J connectivity index is 2.63. The SMILES string of the molecule is C=C(O)CSc1ccccc1Br. The number of aliphatic hydroxyl groups excluding tert-OH is 1. The number of benzene rings is 1. The molecule has 0 fully saturated rings. The summed E-state index contributed by atoms with van der Waals surface area (Å²) in [6, 6.07) is 7.90. The summed E-state index contributed by atoms with van der Waals surface area (Å²) < 4.78 is 1.05. The van der Waals surface area contributed by atoms with Crippen molar-refractivity contribution in [3.63, 3.8) is 0 Å². The number of thioether (sulfide) groups is 1. The van der Waals surface area contributed by atoms with Crippen molar-refractivity contribution in [2.24, 2.45) is 0 Å². The van der Waals surface area contributed by atoms with Crippen LogP contribution >= 0.6 is 27.7 Å². The minimum atomic E-state index is 0.204. The van der Waals surface area contributed by atoms with Gasteiger partial charge >= 0.3 is 0 Å². The first kappa shape index (κ1) is 9.68. The Kier molecular flexibility index (Phi) is 3.69. The second-order valence-corrected chi connectivity index (χ2v) is 4.16. The summed E-state index contributed by atoms with van der Waals surface area (Å²) in [6.45, 7) is 3.42. The Morgan fingerprint density at radius 1 is 1.50 bits per heavy atom. The van der Waals surface area contributed by atoms with Gasteiger partial charge in [0, 0.05) is 9.37 Å². The molecule has 0 aliphatic rings. The largest absolute Gasteiger partial charge is 0.512 e.